The number of nitrogens with one attached hydrogen (secondary N) is 1. The minimum Gasteiger partial charge on any atom is -0.497 e. The van der Waals surface area contributed by atoms with E-state index in [0.29, 0.717) is 17.0 Å². The molecule has 0 bridgehead atoms. The fraction of sp³-hybridized carbons (Fsp3) is 0.176. The molecule has 0 saturated heterocycles. The average molecular weight is 344 g/mol. The van der Waals surface area contributed by atoms with Crippen molar-refractivity contribution < 1.29 is 24.0 Å². The fourth-order valence-electron chi connectivity index (χ4n) is 2.05. The SMILES string of the molecule is COc1cccc(NC(=O)COC(=O)c2ccc(C)c([N+](=O)[O-])c2)c1. The van der Waals surface area contributed by atoms with E-state index in [-0.39, 0.29) is 11.3 Å². The number of esters is 1. The highest BCUT2D eigenvalue weighted by molar-refractivity contribution is 5.95. The van der Waals surface area contributed by atoms with Crippen molar-refractivity contribution in [2.24, 2.45) is 0 Å². The lowest BCUT2D eigenvalue weighted by Crippen LogP contribution is -2.21. The molecule has 0 aliphatic rings. The third-order valence-corrected chi connectivity index (χ3v) is 3.33. The van der Waals surface area contributed by atoms with Crippen molar-refractivity contribution in [2.45, 2.75) is 6.92 Å². The summed E-state index contributed by atoms with van der Waals surface area (Å²) in [5.74, 6) is -0.783. The molecule has 2 rings (SSSR count). The van der Waals surface area contributed by atoms with Crippen molar-refractivity contribution in [1.82, 2.24) is 0 Å². The number of hydrogen-bond acceptors (Lipinski definition) is 6. The first-order valence-corrected chi connectivity index (χ1v) is 7.27. The molecule has 0 fully saturated rings. The molecule has 1 amide bonds. The zero-order chi connectivity index (χ0) is 18.4. The average Bonchev–Trinajstić information content (AvgIpc) is 2.60. The monoisotopic (exact) mass is 344 g/mol. The molecule has 0 saturated carbocycles. The lowest BCUT2D eigenvalue weighted by molar-refractivity contribution is -0.385. The normalized spacial score (nSPS) is 10.0. The number of hydrogen-bond donors (Lipinski definition) is 1. The Morgan fingerprint density at radius 1 is 1.20 bits per heavy atom. The molecule has 0 aromatic heterocycles. The molecule has 0 radical (unpaired) electrons. The number of nitro groups is 1. The largest absolute Gasteiger partial charge is 0.497 e. The first kappa shape index (κ1) is 17.9. The van der Waals surface area contributed by atoms with E-state index < -0.39 is 23.4 Å². The summed E-state index contributed by atoms with van der Waals surface area (Å²) in [6.45, 7) is 1.05. The van der Waals surface area contributed by atoms with Gasteiger partial charge in [-0.1, -0.05) is 12.1 Å². The Kier molecular flexibility index (Phi) is 5.67. The quantitative estimate of drug-likeness (QED) is 0.490. The first-order chi connectivity index (χ1) is 11.9. The number of amides is 1. The van der Waals surface area contributed by atoms with Crippen molar-refractivity contribution >= 4 is 23.3 Å². The highest BCUT2D eigenvalue weighted by Gasteiger charge is 2.17. The molecule has 2 aromatic rings. The number of anilines is 1. The van der Waals surface area contributed by atoms with E-state index in [1.807, 2.05) is 0 Å². The molecule has 0 spiro atoms. The molecule has 0 aliphatic heterocycles. The third-order valence-electron chi connectivity index (χ3n) is 3.33. The summed E-state index contributed by atoms with van der Waals surface area (Å²) in [6.07, 6.45) is 0. The maximum atomic E-state index is 11.9. The molecular formula is C17H16N2O6. The van der Waals surface area contributed by atoms with Crippen LogP contribution in [0.1, 0.15) is 15.9 Å². The third kappa shape index (κ3) is 4.77. The van der Waals surface area contributed by atoms with Gasteiger partial charge in [-0.2, -0.15) is 0 Å². The highest BCUT2D eigenvalue weighted by Crippen LogP contribution is 2.20. The number of aryl methyl sites for hydroxylation is 1. The summed E-state index contributed by atoms with van der Waals surface area (Å²) in [5.41, 5.74) is 0.741. The molecule has 8 nitrogen and oxygen atoms in total. The van der Waals surface area contributed by atoms with Crippen molar-refractivity contribution in [3.63, 3.8) is 0 Å². The summed E-state index contributed by atoms with van der Waals surface area (Å²) in [7, 11) is 1.50. The number of nitro benzene ring substituents is 1. The van der Waals surface area contributed by atoms with E-state index in [4.69, 9.17) is 9.47 Å². The maximum absolute atomic E-state index is 11.9. The van der Waals surface area contributed by atoms with Crippen LogP contribution in [0.3, 0.4) is 0 Å². The number of rotatable bonds is 6. The van der Waals surface area contributed by atoms with Gasteiger partial charge in [0, 0.05) is 23.4 Å². The van der Waals surface area contributed by atoms with Crippen molar-refractivity contribution in [3.05, 3.63) is 63.7 Å². The predicted octanol–water partition coefficient (Wildman–Crippen LogP) is 2.71. The second kappa shape index (κ2) is 7.91. The van der Waals surface area contributed by atoms with Crippen molar-refractivity contribution in [3.8, 4) is 5.75 Å². The van der Waals surface area contributed by atoms with Crippen molar-refractivity contribution in [2.75, 3.05) is 19.0 Å². The summed E-state index contributed by atoms with van der Waals surface area (Å²) in [5, 5.41) is 13.5. The molecule has 8 heteroatoms. The van der Waals surface area contributed by atoms with Crippen LogP contribution in [0.2, 0.25) is 0 Å². The number of benzene rings is 2. The molecule has 0 atom stereocenters. The zero-order valence-electron chi connectivity index (χ0n) is 13.6. The predicted molar refractivity (Wildman–Crippen MR) is 89.7 cm³/mol. The molecule has 0 unspecified atom stereocenters. The van der Waals surface area contributed by atoms with Crippen LogP contribution in [0.25, 0.3) is 0 Å². The van der Waals surface area contributed by atoms with Crippen molar-refractivity contribution in [1.29, 1.82) is 0 Å². The van der Waals surface area contributed by atoms with E-state index >= 15 is 0 Å². The Morgan fingerprint density at radius 2 is 1.96 bits per heavy atom. The van der Waals surface area contributed by atoms with Crippen LogP contribution in [-0.2, 0) is 9.53 Å². The van der Waals surface area contributed by atoms with E-state index in [2.05, 4.69) is 5.32 Å². The van der Waals surface area contributed by atoms with Gasteiger partial charge in [-0.3, -0.25) is 14.9 Å². The number of carbonyl (C=O) groups is 2. The first-order valence-electron chi connectivity index (χ1n) is 7.27. The second-order valence-electron chi connectivity index (χ2n) is 5.11. The Balaban J connectivity index is 1.96. The Bertz CT molecular complexity index is 819. The van der Waals surface area contributed by atoms with E-state index in [9.17, 15) is 19.7 Å². The number of nitrogens with zero attached hydrogens (tertiary/aromatic N) is 1. The Hall–Kier alpha value is -3.42. The topological polar surface area (TPSA) is 108 Å². The van der Waals surface area contributed by atoms with Gasteiger partial charge in [0.2, 0.25) is 0 Å². The molecule has 25 heavy (non-hydrogen) atoms. The Morgan fingerprint density at radius 3 is 2.64 bits per heavy atom. The zero-order valence-corrected chi connectivity index (χ0v) is 13.6. The minimum atomic E-state index is -0.816. The van der Waals surface area contributed by atoms with Crippen LogP contribution in [0.4, 0.5) is 11.4 Å². The van der Waals surface area contributed by atoms with Gasteiger partial charge >= 0.3 is 5.97 Å². The van der Waals surface area contributed by atoms with Gasteiger partial charge in [-0.25, -0.2) is 4.79 Å². The van der Waals surface area contributed by atoms with Crippen LogP contribution < -0.4 is 10.1 Å². The van der Waals surface area contributed by atoms with Crippen LogP contribution >= 0.6 is 0 Å². The number of methoxy groups -OCH3 is 1. The lowest BCUT2D eigenvalue weighted by Gasteiger charge is -2.08. The minimum absolute atomic E-state index is 0.00600. The number of ether oxygens (including phenoxy) is 2. The lowest BCUT2D eigenvalue weighted by atomic mass is 10.1. The molecule has 130 valence electrons. The van der Waals surface area contributed by atoms with E-state index in [0.717, 1.165) is 6.07 Å². The molecular weight excluding hydrogens is 328 g/mol. The standard InChI is InChI=1S/C17H16N2O6/c1-11-6-7-12(8-15(11)19(22)23)17(21)25-10-16(20)18-13-4-3-5-14(9-13)24-2/h3-9H,10H2,1-2H3,(H,18,20). The molecule has 0 aliphatic carbocycles. The van der Waals surface area contributed by atoms with Crippen LogP contribution in [0.5, 0.6) is 5.75 Å². The summed E-state index contributed by atoms with van der Waals surface area (Å²) < 4.78 is 9.93. The molecule has 0 heterocycles. The second-order valence-corrected chi connectivity index (χ2v) is 5.11. The summed E-state index contributed by atoms with van der Waals surface area (Å²) >= 11 is 0. The van der Waals surface area contributed by atoms with Crippen LogP contribution in [0.15, 0.2) is 42.5 Å². The number of carbonyl (C=O) groups excluding carboxylic acids is 2. The fourth-order valence-corrected chi connectivity index (χ4v) is 2.05. The van der Waals surface area contributed by atoms with Gasteiger partial charge < -0.3 is 14.8 Å². The van der Waals surface area contributed by atoms with E-state index in [1.54, 1.807) is 31.2 Å². The van der Waals surface area contributed by atoms with Gasteiger partial charge in [-0.15, -0.1) is 0 Å². The van der Waals surface area contributed by atoms with Crippen LogP contribution in [0, 0.1) is 17.0 Å². The van der Waals surface area contributed by atoms with Gasteiger partial charge in [-0.05, 0) is 25.1 Å². The van der Waals surface area contributed by atoms with Gasteiger partial charge in [0.1, 0.15) is 5.75 Å². The Labute approximate surface area is 143 Å². The van der Waals surface area contributed by atoms with E-state index in [1.165, 1.54) is 19.2 Å². The maximum Gasteiger partial charge on any atom is 0.338 e. The summed E-state index contributed by atoms with van der Waals surface area (Å²) in [6, 6.07) is 10.7. The molecule has 2 aromatic carbocycles. The smallest absolute Gasteiger partial charge is 0.338 e. The van der Waals surface area contributed by atoms with Crippen LogP contribution in [-0.4, -0.2) is 30.5 Å². The molecule has 1 N–H and O–H groups in total. The highest BCUT2D eigenvalue weighted by atomic mass is 16.6. The van der Waals surface area contributed by atoms with Gasteiger partial charge in [0.15, 0.2) is 6.61 Å². The summed E-state index contributed by atoms with van der Waals surface area (Å²) in [4.78, 5) is 34.1. The van der Waals surface area contributed by atoms with Gasteiger partial charge in [0.25, 0.3) is 11.6 Å². The van der Waals surface area contributed by atoms with Gasteiger partial charge in [0.05, 0.1) is 17.6 Å².